The summed E-state index contributed by atoms with van der Waals surface area (Å²) in [5.74, 6) is 1.91. The molecule has 0 saturated carbocycles. The van der Waals surface area contributed by atoms with E-state index in [2.05, 4.69) is 164 Å². The number of benzene rings is 9. The van der Waals surface area contributed by atoms with Crippen LogP contribution in [0, 0.1) is 0 Å². The molecule has 0 spiro atoms. The van der Waals surface area contributed by atoms with Crippen molar-refractivity contribution in [1.82, 2.24) is 15.0 Å². The highest BCUT2D eigenvalue weighted by Gasteiger charge is 2.16. The van der Waals surface area contributed by atoms with Gasteiger partial charge in [0.25, 0.3) is 0 Å². The Labute approximate surface area is 313 Å². The van der Waals surface area contributed by atoms with E-state index in [1.54, 1.807) is 0 Å². The fourth-order valence-electron chi connectivity index (χ4n) is 7.60. The Bertz CT molecular complexity index is 2950. The Morgan fingerprint density at radius 2 is 0.685 bits per heavy atom. The maximum Gasteiger partial charge on any atom is 0.164 e. The number of fused-ring (bicyclic) bond motifs is 4. The van der Waals surface area contributed by atoms with Crippen LogP contribution in [0.3, 0.4) is 0 Å². The summed E-state index contributed by atoms with van der Waals surface area (Å²) in [6.45, 7) is 0. The summed E-state index contributed by atoms with van der Waals surface area (Å²) >= 11 is 0. The van der Waals surface area contributed by atoms with Crippen molar-refractivity contribution in [2.24, 2.45) is 0 Å². The SMILES string of the molecule is c1ccc(-c2ccc(-c3cccc(-c4nc(-c5ccccc5)nc(-c5ccc(-c6c7ccccc7cc7ccc8ccccc8c67)cc5)n4)c3)cc2)cc1. The van der Waals surface area contributed by atoms with Crippen LogP contribution in [0.5, 0.6) is 0 Å². The molecule has 1 aromatic heterocycles. The summed E-state index contributed by atoms with van der Waals surface area (Å²) in [6, 6.07) is 70.6. The van der Waals surface area contributed by atoms with Gasteiger partial charge in [0.2, 0.25) is 0 Å². The van der Waals surface area contributed by atoms with Gasteiger partial charge in [-0.3, -0.25) is 0 Å². The van der Waals surface area contributed by atoms with Crippen molar-refractivity contribution in [3.8, 4) is 67.5 Å². The van der Waals surface area contributed by atoms with Crippen molar-refractivity contribution in [1.29, 1.82) is 0 Å². The van der Waals surface area contributed by atoms with Crippen LogP contribution in [0.25, 0.3) is 99.9 Å². The van der Waals surface area contributed by atoms with Crippen molar-refractivity contribution in [3.63, 3.8) is 0 Å². The average Bonchev–Trinajstić information content (AvgIpc) is 3.26. The first-order valence-corrected chi connectivity index (χ1v) is 18.3. The summed E-state index contributed by atoms with van der Waals surface area (Å²) in [5.41, 5.74) is 9.84. The van der Waals surface area contributed by atoms with E-state index in [0.29, 0.717) is 17.5 Å². The zero-order valence-electron chi connectivity index (χ0n) is 29.4. The second-order valence-electron chi connectivity index (χ2n) is 13.6. The fourth-order valence-corrected chi connectivity index (χ4v) is 7.60. The zero-order valence-corrected chi connectivity index (χ0v) is 29.4. The molecule has 9 aromatic carbocycles. The molecular weight excluding hydrogens is 655 g/mol. The van der Waals surface area contributed by atoms with Crippen LogP contribution in [-0.4, -0.2) is 15.0 Å². The molecule has 0 unspecified atom stereocenters. The van der Waals surface area contributed by atoms with Gasteiger partial charge in [-0.2, -0.15) is 0 Å². The van der Waals surface area contributed by atoms with Crippen LogP contribution in [-0.2, 0) is 0 Å². The molecular formula is C51H33N3. The van der Waals surface area contributed by atoms with E-state index in [1.165, 1.54) is 49.0 Å². The summed E-state index contributed by atoms with van der Waals surface area (Å²) < 4.78 is 0. The molecule has 0 bridgehead atoms. The third-order valence-electron chi connectivity index (χ3n) is 10.3. The van der Waals surface area contributed by atoms with Gasteiger partial charge >= 0.3 is 0 Å². The molecule has 0 amide bonds. The second kappa shape index (κ2) is 13.4. The highest BCUT2D eigenvalue weighted by atomic mass is 15.0. The maximum atomic E-state index is 5.11. The standard InChI is InChI=1S/C51H33N3/c1-3-12-34(13-4-1)35-22-24-36(25-23-35)41-18-11-19-44(32-41)51-53-49(39-15-5-2-6-16-39)52-50(54-51)40-29-27-38(28-30-40)47-46-21-10-8-17-42(46)33-43-31-26-37-14-7-9-20-45(37)48(43)47/h1-33H. The highest BCUT2D eigenvalue weighted by Crippen LogP contribution is 2.41. The van der Waals surface area contributed by atoms with Gasteiger partial charge in [-0.25, -0.2) is 15.0 Å². The Kier molecular flexibility index (Phi) is 7.81. The van der Waals surface area contributed by atoms with Gasteiger partial charge in [0.1, 0.15) is 0 Å². The van der Waals surface area contributed by atoms with Crippen LogP contribution < -0.4 is 0 Å². The van der Waals surface area contributed by atoms with Gasteiger partial charge in [-0.1, -0.05) is 188 Å². The molecule has 0 N–H and O–H groups in total. The molecule has 0 saturated heterocycles. The summed E-state index contributed by atoms with van der Waals surface area (Å²) in [5, 5.41) is 7.45. The Morgan fingerprint density at radius 3 is 1.39 bits per heavy atom. The van der Waals surface area contributed by atoms with Crippen molar-refractivity contribution in [2.45, 2.75) is 0 Å². The van der Waals surface area contributed by atoms with Crippen LogP contribution in [0.2, 0.25) is 0 Å². The van der Waals surface area contributed by atoms with Gasteiger partial charge in [0, 0.05) is 16.7 Å². The van der Waals surface area contributed by atoms with Crippen molar-refractivity contribution >= 4 is 32.3 Å². The maximum absolute atomic E-state index is 5.11. The molecule has 252 valence electrons. The summed E-state index contributed by atoms with van der Waals surface area (Å²) in [6.07, 6.45) is 0. The van der Waals surface area contributed by atoms with Gasteiger partial charge in [0.05, 0.1) is 0 Å². The molecule has 54 heavy (non-hydrogen) atoms. The number of hydrogen-bond donors (Lipinski definition) is 0. The van der Waals surface area contributed by atoms with E-state index >= 15 is 0 Å². The molecule has 0 aliphatic carbocycles. The van der Waals surface area contributed by atoms with Crippen molar-refractivity contribution in [2.75, 3.05) is 0 Å². The molecule has 10 rings (SSSR count). The molecule has 10 aromatic rings. The van der Waals surface area contributed by atoms with E-state index in [4.69, 9.17) is 15.0 Å². The lowest BCUT2D eigenvalue weighted by Gasteiger charge is -2.15. The topological polar surface area (TPSA) is 38.7 Å². The lowest BCUT2D eigenvalue weighted by Crippen LogP contribution is -2.00. The number of nitrogens with zero attached hydrogens (tertiary/aromatic N) is 3. The first-order valence-electron chi connectivity index (χ1n) is 18.3. The molecule has 0 fully saturated rings. The predicted octanol–water partition coefficient (Wildman–Crippen LogP) is 13.3. The van der Waals surface area contributed by atoms with Crippen LogP contribution in [0.4, 0.5) is 0 Å². The van der Waals surface area contributed by atoms with Crippen LogP contribution in [0.15, 0.2) is 200 Å². The second-order valence-corrected chi connectivity index (χ2v) is 13.6. The van der Waals surface area contributed by atoms with Gasteiger partial charge in [0.15, 0.2) is 17.5 Å². The lowest BCUT2D eigenvalue weighted by atomic mass is 9.89. The monoisotopic (exact) mass is 687 g/mol. The van der Waals surface area contributed by atoms with E-state index in [1.807, 2.05) is 36.4 Å². The number of hydrogen-bond acceptors (Lipinski definition) is 3. The molecule has 0 atom stereocenters. The summed E-state index contributed by atoms with van der Waals surface area (Å²) in [4.78, 5) is 15.2. The third kappa shape index (κ3) is 5.78. The zero-order chi connectivity index (χ0) is 35.8. The minimum absolute atomic E-state index is 0.635. The Morgan fingerprint density at radius 1 is 0.241 bits per heavy atom. The lowest BCUT2D eigenvalue weighted by molar-refractivity contribution is 1.07. The minimum atomic E-state index is 0.635. The summed E-state index contributed by atoms with van der Waals surface area (Å²) in [7, 11) is 0. The fraction of sp³-hybridized carbons (Fsp3) is 0. The van der Waals surface area contributed by atoms with Gasteiger partial charge < -0.3 is 0 Å². The van der Waals surface area contributed by atoms with E-state index in [-0.39, 0.29) is 0 Å². The molecule has 3 nitrogen and oxygen atoms in total. The highest BCUT2D eigenvalue weighted by molar-refractivity contribution is 6.21. The average molecular weight is 688 g/mol. The predicted molar refractivity (Wildman–Crippen MR) is 225 cm³/mol. The molecule has 1 heterocycles. The normalized spacial score (nSPS) is 11.3. The first kappa shape index (κ1) is 31.5. The van der Waals surface area contributed by atoms with E-state index in [0.717, 1.165) is 33.4 Å². The van der Waals surface area contributed by atoms with Crippen molar-refractivity contribution in [3.05, 3.63) is 200 Å². The van der Waals surface area contributed by atoms with Crippen LogP contribution in [0.1, 0.15) is 0 Å². The Balaban J connectivity index is 1.07. The molecule has 0 aliphatic rings. The van der Waals surface area contributed by atoms with Gasteiger partial charge in [-0.15, -0.1) is 0 Å². The largest absolute Gasteiger partial charge is 0.208 e. The minimum Gasteiger partial charge on any atom is -0.208 e. The van der Waals surface area contributed by atoms with E-state index in [9.17, 15) is 0 Å². The molecule has 0 aliphatic heterocycles. The first-order chi connectivity index (χ1) is 26.7. The number of rotatable bonds is 6. The van der Waals surface area contributed by atoms with Crippen LogP contribution >= 0.6 is 0 Å². The third-order valence-corrected chi connectivity index (χ3v) is 10.3. The molecule has 0 radical (unpaired) electrons. The quantitative estimate of drug-likeness (QED) is 0.129. The Hall–Kier alpha value is -7.23. The smallest absolute Gasteiger partial charge is 0.164 e. The van der Waals surface area contributed by atoms with E-state index < -0.39 is 0 Å². The number of aromatic nitrogens is 3. The van der Waals surface area contributed by atoms with Crippen molar-refractivity contribution < 1.29 is 0 Å². The molecule has 3 heteroatoms. The van der Waals surface area contributed by atoms with Gasteiger partial charge in [-0.05, 0) is 77.8 Å².